The van der Waals surface area contributed by atoms with Crippen molar-refractivity contribution in [1.29, 1.82) is 0 Å². The van der Waals surface area contributed by atoms with Crippen molar-refractivity contribution < 1.29 is 14.3 Å². The average molecular weight is 383 g/mol. The molecule has 1 aromatic heterocycles. The molecule has 0 radical (unpaired) electrons. The molecule has 0 unspecified atom stereocenters. The number of benzene rings is 1. The van der Waals surface area contributed by atoms with Gasteiger partial charge in [0.15, 0.2) is 0 Å². The van der Waals surface area contributed by atoms with Gasteiger partial charge in [-0.3, -0.25) is 0 Å². The van der Waals surface area contributed by atoms with Crippen molar-refractivity contribution in [3.05, 3.63) is 64.6 Å². The first-order valence-corrected chi connectivity index (χ1v) is 9.95. The standard InChI is InChI=1S/C24H30O4/c1-16(5-10-20-17(2)6-11-22(25)24(20,3)4)13-14-27-19-9-7-18-8-12-23(26)28-21(18)15-19/h7-9,12-13,15,20,22,25H,2,5-6,10-11,14H2,1,3-4H3/b16-13+/t20-,22+/m0/s1. The average Bonchev–Trinajstić information content (AvgIpc) is 2.64. The van der Waals surface area contributed by atoms with E-state index in [4.69, 9.17) is 9.15 Å². The lowest BCUT2D eigenvalue weighted by atomic mass is 9.63. The molecule has 4 heteroatoms. The highest BCUT2D eigenvalue weighted by Gasteiger charge is 2.40. The molecule has 1 N–H and O–H groups in total. The Morgan fingerprint density at radius 2 is 2.11 bits per heavy atom. The molecule has 28 heavy (non-hydrogen) atoms. The van der Waals surface area contributed by atoms with E-state index in [0.717, 1.165) is 31.1 Å². The Kier molecular flexibility index (Phi) is 6.09. The molecule has 0 bridgehead atoms. The van der Waals surface area contributed by atoms with Gasteiger partial charge in [-0.05, 0) is 68.2 Å². The van der Waals surface area contributed by atoms with E-state index >= 15 is 0 Å². The van der Waals surface area contributed by atoms with Crippen molar-refractivity contribution in [2.45, 2.75) is 52.6 Å². The summed E-state index contributed by atoms with van der Waals surface area (Å²) in [6, 6.07) is 8.66. The maximum atomic E-state index is 11.4. The molecule has 0 saturated heterocycles. The van der Waals surface area contributed by atoms with Crippen LogP contribution in [0.5, 0.6) is 5.75 Å². The Hall–Kier alpha value is -2.33. The van der Waals surface area contributed by atoms with Crippen LogP contribution in [0.2, 0.25) is 0 Å². The van der Waals surface area contributed by atoms with Crippen molar-refractivity contribution >= 4 is 11.0 Å². The van der Waals surface area contributed by atoms with E-state index in [2.05, 4.69) is 33.4 Å². The molecule has 0 aliphatic heterocycles. The van der Waals surface area contributed by atoms with Crippen LogP contribution in [-0.4, -0.2) is 17.8 Å². The molecule has 3 rings (SSSR count). The molecule has 1 heterocycles. The molecule has 1 aromatic carbocycles. The van der Waals surface area contributed by atoms with E-state index in [9.17, 15) is 9.90 Å². The van der Waals surface area contributed by atoms with E-state index in [0.29, 0.717) is 23.9 Å². The van der Waals surface area contributed by atoms with Gasteiger partial charge >= 0.3 is 5.63 Å². The lowest BCUT2D eigenvalue weighted by molar-refractivity contribution is -0.00881. The summed E-state index contributed by atoms with van der Waals surface area (Å²) in [7, 11) is 0. The molecule has 1 aliphatic carbocycles. The lowest BCUT2D eigenvalue weighted by Gasteiger charge is -2.44. The summed E-state index contributed by atoms with van der Waals surface area (Å²) < 4.78 is 11.0. The van der Waals surface area contributed by atoms with Gasteiger partial charge < -0.3 is 14.3 Å². The van der Waals surface area contributed by atoms with Crippen LogP contribution in [0.15, 0.2) is 63.3 Å². The van der Waals surface area contributed by atoms with E-state index in [-0.39, 0.29) is 17.1 Å². The molecule has 150 valence electrons. The minimum absolute atomic E-state index is 0.124. The van der Waals surface area contributed by atoms with Crippen LogP contribution in [0, 0.1) is 11.3 Å². The number of fused-ring (bicyclic) bond motifs is 1. The largest absolute Gasteiger partial charge is 0.489 e. The van der Waals surface area contributed by atoms with Gasteiger partial charge in [0.2, 0.25) is 0 Å². The van der Waals surface area contributed by atoms with Gasteiger partial charge in [0.1, 0.15) is 17.9 Å². The second-order valence-electron chi connectivity index (χ2n) is 8.44. The van der Waals surface area contributed by atoms with Crippen LogP contribution in [0.4, 0.5) is 0 Å². The molecule has 1 fully saturated rings. The Labute approximate surface area is 166 Å². The van der Waals surface area contributed by atoms with Crippen molar-refractivity contribution in [3.8, 4) is 5.75 Å². The predicted octanol–water partition coefficient (Wildman–Crippen LogP) is 5.25. The molecule has 2 atom stereocenters. The summed E-state index contributed by atoms with van der Waals surface area (Å²) >= 11 is 0. The van der Waals surface area contributed by atoms with Gasteiger partial charge in [-0.1, -0.05) is 31.6 Å². The fourth-order valence-corrected chi connectivity index (χ4v) is 4.09. The number of rotatable bonds is 6. The highest BCUT2D eigenvalue weighted by atomic mass is 16.5. The van der Waals surface area contributed by atoms with Crippen molar-refractivity contribution in [2.24, 2.45) is 11.3 Å². The molecular formula is C24H30O4. The number of aliphatic hydroxyl groups excluding tert-OH is 1. The third-order valence-electron chi connectivity index (χ3n) is 6.09. The smallest absolute Gasteiger partial charge is 0.336 e. The fraction of sp³-hybridized carbons (Fsp3) is 0.458. The number of ether oxygens (including phenoxy) is 1. The number of allylic oxidation sites excluding steroid dienone is 2. The van der Waals surface area contributed by atoms with Crippen LogP contribution in [0.25, 0.3) is 11.0 Å². The lowest BCUT2D eigenvalue weighted by Crippen LogP contribution is -2.41. The van der Waals surface area contributed by atoms with Crippen LogP contribution >= 0.6 is 0 Å². The van der Waals surface area contributed by atoms with Crippen LogP contribution in [0.3, 0.4) is 0 Å². The molecule has 0 spiro atoms. The molecule has 1 aliphatic rings. The SMILES string of the molecule is C=C1CC[C@@H](O)C(C)(C)[C@H]1CC/C(C)=C/COc1ccc2ccc(=O)oc2c1. The molecule has 1 saturated carbocycles. The number of aliphatic hydroxyl groups is 1. The first-order valence-electron chi connectivity index (χ1n) is 9.95. The first kappa shape index (κ1) is 20.4. The summed E-state index contributed by atoms with van der Waals surface area (Å²) in [5, 5.41) is 11.2. The summed E-state index contributed by atoms with van der Waals surface area (Å²) in [5.74, 6) is 1.01. The number of hydrogen-bond donors (Lipinski definition) is 1. The third-order valence-corrected chi connectivity index (χ3v) is 6.09. The molecular weight excluding hydrogens is 352 g/mol. The minimum atomic E-state index is -0.363. The summed E-state index contributed by atoms with van der Waals surface area (Å²) in [5.41, 5.74) is 2.56. The van der Waals surface area contributed by atoms with Gasteiger partial charge in [-0.25, -0.2) is 4.79 Å². The Morgan fingerprint density at radius 3 is 2.89 bits per heavy atom. The second kappa shape index (κ2) is 8.36. The van der Waals surface area contributed by atoms with Crippen molar-refractivity contribution in [3.63, 3.8) is 0 Å². The third kappa shape index (κ3) is 4.56. The summed E-state index contributed by atoms with van der Waals surface area (Å²) in [6.45, 7) is 11.1. The van der Waals surface area contributed by atoms with E-state index in [1.54, 1.807) is 12.1 Å². The van der Waals surface area contributed by atoms with E-state index in [1.165, 1.54) is 17.2 Å². The summed E-state index contributed by atoms with van der Waals surface area (Å²) in [6.07, 6.45) is 5.50. The quantitative estimate of drug-likeness (QED) is 0.547. The van der Waals surface area contributed by atoms with Gasteiger partial charge in [0.25, 0.3) is 0 Å². The maximum Gasteiger partial charge on any atom is 0.336 e. The van der Waals surface area contributed by atoms with Crippen LogP contribution in [0.1, 0.15) is 46.5 Å². The Morgan fingerprint density at radius 1 is 1.36 bits per heavy atom. The molecule has 4 nitrogen and oxygen atoms in total. The fourth-order valence-electron chi connectivity index (χ4n) is 4.09. The zero-order valence-corrected chi connectivity index (χ0v) is 17.0. The molecule has 2 aromatic rings. The minimum Gasteiger partial charge on any atom is -0.489 e. The Bertz CT molecular complexity index is 935. The highest BCUT2D eigenvalue weighted by Crippen LogP contribution is 2.45. The zero-order chi connectivity index (χ0) is 20.3. The highest BCUT2D eigenvalue weighted by molar-refractivity contribution is 5.77. The number of hydrogen-bond acceptors (Lipinski definition) is 4. The Balaban J connectivity index is 1.56. The normalized spacial score (nSPS) is 22.4. The van der Waals surface area contributed by atoms with E-state index < -0.39 is 0 Å². The van der Waals surface area contributed by atoms with Crippen molar-refractivity contribution in [1.82, 2.24) is 0 Å². The van der Waals surface area contributed by atoms with Gasteiger partial charge in [0.05, 0.1) is 6.10 Å². The summed E-state index contributed by atoms with van der Waals surface area (Å²) in [4.78, 5) is 11.4. The van der Waals surface area contributed by atoms with Gasteiger partial charge in [0, 0.05) is 17.5 Å². The molecule has 0 amide bonds. The van der Waals surface area contributed by atoms with Gasteiger partial charge in [-0.15, -0.1) is 0 Å². The van der Waals surface area contributed by atoms with Crippen LogP contribution in [-0.2, 0) is 0 Å². The van der Waals surface area contributed by atoms with Crippen LogP contribution < -0.4 is 10.4 Å². The predicted molar refractivity (Wildman–Crippen MR) is 113 cm³/mol. The van der Waals surface area contributed by atoms with E-state index in [1.807, 2.05) is 12.1 Å². The topological polar surface area (TPSA) is 59.7 Å². The first-order chi connectivity index (χ1) is 13.3. The van der Waals surface area contributed by atoms with Gasteiger partial charge in [-0.2, -0.15) is 0 Å². The monoisotopic (exact) mass is 382 g/mol. The second-order valence-corrected chi connectivity index (χ2v) is 8.44. The maximum absolute atomic E-state index is 11.4. The van der Waals surface area contributed by atoms with Crippen molar-refractivity contribution in [2.75, 3.05) is 6.61 Å². The zero-order valence-electron chi connectivity index (χ0n) is 17.0.